The number of hydrogen-bond acceptors (Lipinski definition) is 2. The first-order chi connectivity index (χ1) is 16.7. The van der Waals surface area contributed by atoms with Crippen LogP contribution in [-0.4, -0.2) is 9.97 Å². The SMILES string of the molecule is Fc1c2ccccc2c(F)c2cc3nc4c(nc3cc12)C1c2ccccc2C4c2ccccc21. The summed E-state index contributed by atoms with van der Waals surface area (Å²) in [5, 5.41) is 1.03. The van der Waals surface area contributed by atoms with Crippen LogP contribution in [0.25, 0.3) is 32.6 Å². The maximum Gasteiger partial charge on any atom is 0.139 e. The van der Waals surface area contributed by atoms with Crippen LogP contribution in [0, 0.1) is 11.6 Å². The molecule has 0 spiro atoms. The highest BCUT2D eigenvalue weighted by molar-refractivity contribution is 6.04. The molecule has 5 aromatic carbocycles. The molecule has 0 aliphatic heterocycles. The van der Waals surface area contributed by atoms with Crippen LogP contribution < -0.4 is 0 Å². The first kappa shape index (κ1) is 18.3. The molecule has 3 aliphatic rings. The molecule has 0 amide bonds. The molecule has 0 N–H and O–H groups in total. The summed E-state index contributed by atoms with van der Waals surface area (Å²) in [5.74, 6) is -0.882. The Kier molecular flexibility index (Phi) is 3.35. The van der Waals surface area contributed by atoms with Gasteiger partial charge in [-0.15, -0.1) is 0 Å². The zero-order valence-electron chi connectivity index (χ0n) is 17.9. The number of nitrogens with zero attached hydrogens (tertiary/aromatic N) is 2. The fourth-order valence-corrected chi connectivity index (χ4v) is 6.07. The third-order valence-corrected chi connectivity index (χ3v) is 7.51. The molecule has 0 radical (unpaired) electrons. The molecular weight excluding hydrogens is 426 g/mol. The van der Waals surface area contributed by atoms with Crippen molar-refractivity contribution in [2.45, 2.75) is 11.8 Å². The van der Waals surface area contributed by atoms with Gasteiger partial charge in [-0.2, -0.15) is 0 Å². The molecule has 0 fully saturated rings. The van der Waals surface area contributed by atoms with Gasteiger partial charge in [-0.3, -0.25) is 0 Å². The summed E-state index contributed by atoms with van der Waals surface area (Å²) < 4.78 is 30.9. The number of aromatic nitrogens is 2. The summed E-state index contributed by atoms with van der Waals surface area (Å²) in [7, 11) is 0. The van der Waals surface area contributed by atoms with E-state index in [0.29, 0.717) is 11.0 Å². The lowest BCUT2D eigenvalue weighted by molar-refractivity contribution is 0.635. The minimum Gasteiger partial charge on any atom is -0.248 e. The third-order valence-electron chi connectivity index (χ3n) is 7.51. The molecule has 0 saturated heterocycles. The highest BCUT2D eigenvalue weighted by Gasteiger charge is 2.43. The maximum atomic E-state index is 15.4. The van der Waals surface area contributed by atoms with E-state index in [9.17, 15) is 0 Å². The summed E-state index contributed by atoms with van der Waals surface area (Å²) in [6.45, 7) is 0. The molecular formula is C30H16F2N2. The van der Waals surface area contributed by atoms with Gasteiger partial charge < -0.3 is 0 Å². The molecule has 1 heterocycles. The summed E-state index contributed by atoms with van der Waals surface area (Å²) in [5.41, 5.74) is 7.98. The summed E-state index contributed by atoms with van der Waals surface area (Å²) in [6, 6.07) is 26.9. The number of benzene rings is 5. The van der Waals surface area contributed by atoms with Gasteiger partial charge in [0, 0.05) is 21.5 Å². The van der Waals surface area contributed by atoms with Gasteiger partial charge in [0.05, 0.1) is 34.3 Å². The van der Waals surface area contributed by atoms with Gasteiger partial charge in [0.2, 0.25) is 0 Å². The number of hydrogen-bond donors (Lipinski definition) is 0. The van der Waals surface area contributed by atoms with Crippen LogP contribution in [0.2, 0.25) is 0 Å². The fraction of sp³-hybridized carbons (Fsp3) is 0.0667. The smallest absolute Gasteiger partial charge is 0.139 e. The Bertz CT molecular complexity index is 1680. The van der Waals surface area contributed by atoms with Gasteiger partial charge in [0.25, 0.3) is 0 Å². The predicted molar refractivity (Wildman–Crippen MR) is 129 cm³/mol. The van der Waals surface area contributed by atoms with E-state index in [2.05, 4.69) is 48.5 Å². The van der Waals surface area contributed by atoms with Gasteiger partial charge in [0.15, 0.2) is 0 Å². The Morgan fingerprint density at radius 3 is 1.21 bits per heavy atom. The Morgan fingerprint density at radius 2 is 0.824 bits per heavy atom. The average Bonchev–Trinajstić information content (AvgIpc) is 2.89. The van der Waals surface area contributed by atoms with E-state index in [1.54, 1.807) is 36.4 Å². The van der Waals surface area contributed by atoms with E-state index < -0.39 is 11.6 Å². The quantitative estimate of drug-likeness (QED) is 0.232. The first-order valence-electron chi connectivity index (χ1n) is 11.4. The zero-order valence-corrected chi connectivity index (χ0v) is 17.9. The molecule has 9 rings (SSSR count). The van der Waals surface area contributed by atoms with Crippen molar-refractivity contribution in [3.05, 3.63) is 130 Å². The van der Waals surface area contributed by atoms with E-state index in [0.717, 1.165) is 11.4 Å². The van der Waals surface area contributed by atoms with Gasteiger partial charge in [-0.25, -0.2) is 18.7 Å². The second-order valence-electron chi connectivity index (χ2n) is 9.18. The second-order valence-corrected chi connectivity index (χ2v) is 9.18. The monoisotopic (exact) mass is 442 g/mol. The van der Waals surface area contributed by atoms with Crippen LogP contribution in [0.5, 0.6) is 0 Å². The number of halogens is 2. The lowest BCUT2D eigenvalue weighted by atomic mass is 9.64. The molecule has 4 heteroatoms. The largest absolute Gasteiger partial charge is 0.248 e. The summed E-state index contributed by atoms with van der Waals surface area (Å²) >= 11 is 0. The van der Waals surface area contributed by atoms with Crippen molar-refractivity contribution in [1.82, 2.24) is 9.97 Å². The predicted octanol–water partition coefficient (Wildman–Crippen LogP) is 7.20. The van der Waals surface area contributed by atoms with Gasteiger partial charge in [-0.1, -0.05) is 72.8 Å². The molecule has 2 bridgehead atoms. The molecule has 0 unspecified atom stereocenters. The van der Waals surface area contributed by atoms with Crippen molar-refractivity contribution < 1.29 is 8.78 Å². The lowest BCUT2D eigenvalue weighted by Crippen LogP contribution is -2.29. The molecule has 34 heavy (non-hydrogen) atoms. The number of rotatable bonds is 0. The third kappa shape index (κ3) is 2.13. The minimum atomic E-state index is -0.425. The molecule has 0 saturated carbocycles. The van der Waals surface area contributed by atoms with E-state index in [1.165, 1.54) is 22.3 Å². The van der Waals surface area contributed by atoms with Crippen molar-refractivity contribution in [2.75, 3.05) is 0 Å². The van der Waals surface area contributed by atoms with Crippen molar-refractivity contribution in [2.24, 2.45) is 0 Å². The second kappa shape index (κ2) is 6.23. The molecule has 3 aliphatic carbocycles. The topological polar surface area (TPSA) is 25.8 Å². The van der Waals surface area contributed by atoms with Crippen molar-refractivity contribution in [1.29, 1.82) is 0 Å². The molecule has 160 valence electrons. The average molecular weight is 442 g/mol. The molecule has 6 aromatic rings. The Hall–Kier alpha value is -4.18. The van der Waals surface area contributed by atoms with Crippen LogP contribution in [0.4, 0.5) is 8.78 Å². The highest BCUT2D eigenvalue weighted by atomic mass is 19.1. The van der Waals surface area contributed by atoms with Crippen LogP contribution in [-0.2, 0) is 0 Å². The Morgan fingerprint density at radius 1 is 0.471 bits per heavy atom. The summed E-state index contributed by atoms with van der Waals surface area (Å²) in [6.07, 6.45) is 0. The Labute approximate surface area is 193 Å². The number of fused-ring (bicyclic) bond motifs is 3. The molecule has 0 atom stereocenters. The lowest BCUT2D eigenvalue weighted by Gasteiger charge is -2.40. The van der Waals surface area contributed by atoms with E-state index in [4.69, 9.17) is 9.97 Å². The standard InChI is InChI=1S/C30H16F2N2/c31-27-19-11-5-6-12-20(19)28(32)22-14-24-23(13-21(22)27)33-29-25-15-7-1-2-8-16(15)26(30(29)34-24)18-10-4-3-9-17(18)25/h1-14,25-26H. The van der Waals surface area contributed by atoms with E-state index >= 15 is 8.78 Å². The zero-order chi connectivity index (χ0) is 22.6. The van der Waals surface area contributed by atoms with Gasteiger partial charge in [-0.05, 0) is 34.4 Å². The van der Waals surface area contributed by atoms with Crippen molar-refractivity contribution in [3.63, 3.8) is 0 Å². The van der Waals surface area contributed by atoms with E-state index in [1.807, 2.05) is 0 Å². The minimum absolute atomic E-state index is 0.0156. The van der Waals surface area contributed by atoms with Gasteiger partial charge >= 0.3 is 0 Å². The fourth-order valence-electron chi connectivity index (χ4n) is 6.07. The first-order valence-corrected chi connectivity index (χ1v) is 11.4. The van der Waals surface area contributed by atoms with Crippen LogP contribution in [0.15, 0.2) is 84.9 Å². The highest BCUT2D eigenvalue weighted by Crippen LogP contribution is 2.54. The van der Waals surface area contributed by atoms with Crippen molar-refractivity contribution in [3.8, 4) is 0 Å². The molecule has 1 aromatic heterocycles. The Balaban J connectivity index is 1.48. The van der Waals surface area contributed by atoms with Crippen LogP contribution >= 0.6 is 0 Å². The van der Waals surface area contributed by atoms with Gasteiger partial charge in [0.1, 0.15) is 11.6 Å². The van der Waals surface area contributed by atoms with Crippen LogP contribution in [0.3, 0.4) is 0 Å². The normalized spacial score (nSPS) is 17.7. The summed E-state index contributed by atoms with van der Waals surface area (Å²) in [4.78, 5) is 10.1. The molecule has 2 nitrogen and oxygen atoms in total. The van der Waals surface area contributed by atoms with Crippen molar-refractivity contribution >= 4 is 32.6 Å². The maximum absolute atomic E-state index is 15.4. The van der Waals surface area contributed by atoms with Crippen LogP contribution in [0.1, 0.15) is 45.5 Å². The van der Waals surface area contributed by atoms with E-state index in [-0.39, 0.29) is 33.4 Å².